The Morgan fingerprint density at radius 2 is 1.88 bits per heavy atom. The van der Waals surface area contributed by atoms with E-state index in [4.69, 9.17) is 4.74 Å². The zero-order valence-electron chi connectivity index (χ0n) is 10.9. The minimum atomic E-state index is 0.544. The summed E-state index contributed by atoms with van der Waals surface area (Å²) in [6.45, 7) is 5.58. The van der Waals surface area contributed by atoms with E-state index in [1.165, 1.54) is 51.4 Å². The maximum atomic E-state index is 6.05. The summed E-state index contributed by atoms with van der Waals surface area (Å²) >= 11 is 2.59. The van der Waals surface area contributed by atoms with Gasteiger partial charge in [0.15, 0.2) is 0 Å². The number of alkyl halides is 1. The molecule has 0 aromatic rings. The molecule has 96 valence electrons. The van der Waals surface area contributed by atoms with Crippen LogP contribution in [0, 0.1) is 5.92 Å². The molecule has 2 unspecified atom stereocenters. The Morgan fingerprint density at radius 3 is 2.62 bits per heavy atom. The van der Waals surface area contributed by atoms with E-state index in [9.17, 15) is 0 Å². The van der Waals surface area contributed by atoms with Gasteiger partial charge in [0.2, 0.25) is 0 Å². The lowest BCUT2D eigenvalue weighted by Crippen LogP contribution is -2.23. The minimum absolute atomic E-state index is 0.544. The number of unbranched alkanes of at least 4 members (excludes halogenated alkanes) is 1. The van der Waals surface area contributed by atoms with Crippen LogP contribution < -0.4 is 0 Å². The highest BCUT2D eigenvalue weighted by atomic mass is 127. The number of ether oxygens (including phenoxy) is 1. The van der Waals surface area contributed by atoms with Crippen LogP contribution in [0.5, 0.6) is 0 Å². The fourth-order valence-electron chi connectivity index (χ4n) is 2.31. The first-order valence-electron chi connectivity index (χ1n) is 6.96. The van der Waals surface area contributed by atoms with Crippen molar-refractivity contribution in [3.63, 3.8) is 0 Å². The van der Waals surface area contributed by atoms with Crippen LogP contribution in [-0.4, -0.2) is 16.6 Å². The zero-order chi connectivity index (χ0) is 11.8. The predicted molar refractivity (Wildman–Crippen MR) is 79.3 cm³/mol. The largest absolute Gasteiger partial charge is 0.377 e. The van der Waals surface area contributed by atoms with Crippen molar-refractivity contribution in [3.05, 3.63) is 0 Å². The van der Waals surface area contributed by atoms with Gasteiger partial charge < -0.3 is 4.74 Å². The first-order valence-corrected chi connectivity index (χ1v) is 8.20. The molecule has 0 amide bonds. The van der Waals surface area contributed by atoms with Gasteiger partial charge in [-0.1, -0.05) is 68.5 Å². The van der Waals surface area contributed by atoms with Crippen LogP contribution in [-0.2, 0) is 4.74 Å². The van der Waals surface area contributed by atoms with Gasteiger partial charge in [-0.3, -0.25) is 0 Å². The molecule has 0 spiro atoms. The molecule has 0 aliphatic heterocycles. The van der Waals surface area contributed by atoms with Crippen LogP contribution in [0.25, 0.3) is 0 Å². The van der Waals surface area contributed by atoms with Gasteiger partial charge >= 0.3 is 0 Å². The Morgan fingerprint density at radius 1 is 1.12 bits per heavy atom. The molecule has 1 aliphatic rings. The fraction of sp³-hybridized carbons (Fsp3) is 1.00. The molecule has 0 saturated heterocycles. The van der Waals surface area contributed by atoms with Crippen molar-refractivity contribution in [2.45, 2.75) is 75.2 Å². The van der Waals surface area contributed by atoms with Crippen molar-refractivity contribution in [2.24, 2.45) is 5.92 Å². The van der Waals surface area contributed by atoms with Crippen LogP contribution in [0.1, 0.15) is 65.2 Å². The number of halogens is 1. The van der Waals surface area contributed by atoms with Crippen LogP contribution in [0.4, 0.5) is 0 Å². The molecule has 0 bridgehead atoms. The maximum absolute atomic E-state index is 6.05. The zero-order valence-corrected chi connectivity index (χ0v) is 13.0. The van der Waals surface area contributed by atoms with E-state index in [-0.39, 0.29) is 0 Å². The third-order valence-corrected chi connectivity index (χ3v) is 4.80. The van der Waals surface area contributed by atoms with Crippen molar-refractivity contribution in [2.75, 3.05) is 6.61 Å². The average Bonchev–Trinajstić information content (AvgIpc) is 2.43. The van der Waals surface area contributed by atoms with Crippen molar-refractivity contribution < 1.29 is 4.74 Å². The summed E-state index contributed by atoms with van der Waals surface area (Å²) < 4.78 is 6.80. The van der Waals surface area contributed by atoms with E-state index < -0.39 is 0 Å². The highest BCUT2D eigenvalue weighted by molar-refractivity contribution is 14.1. The molecule has 1 rings (SSSR count). The van der Waals surface area contributed by atoms with Gasteiger partial charge in [0.25, 0.3) is 0 Å². The van der Waals surface area contributed by atoms with Gasteiger partial charge in [-0.25, -0.2) is 0 Å². The van der Waals surface area contributed by atoms with Crippen molar-refractivity contribution in [1.82, 2.24) is 0 Å². The molecule has 0 heterocycles. The quantitative estimate of drug-likeness (QED) is 0.288. The van der Waals surface area contributed by atoms with Crippen molar-refractivity contribution in [1.29, 1.82) is 0 Å². The molecule has 1 saturated carbocycles. The molecule has 2 heteroatoms. The van der Waals surface area contributed by atoms with Gasteiger partial charge in [0.1, 0.15) is 0 Å². The third kappa shape index (κ3) is 6.43. The average molecular weight is 338 g/mol. The van der Waals surface area contributed by atoms with E-state index in [0.29, 0.717) is 6.10 Å². The van der Waals surface area contributed by atoms with Gasteiger partial charge in [-0.2, -0.15) is 0 Å². The molecule has 0 aromatic heterocycles. The Kier molecular flexibility index (Phi) is 8.05. The van der Waals surface area contributed by atoms with Crippen LogP contribution in [0.2, 0.25) is 0 Å². The number of hydrogen-bond acceptors (Lipinski definition) is 1. The number of rotatable bonds is 6. The minimum Gasteiger partial charge on any atom is -0.377 e. The molecule has 0 radical (unpaired) electrons. The van der Waals surface area contributed by atoms with Gasteiger partial charge in [0, 0.05) is 10.5 Å². The summed E-state index contributed by atoms with van der Waals surface area (Å²) in [5, 5.41) is 0. The molecule has 1 aliphatic carbocycles. The lowest BCUT2D eigenvalue weighted by Gasteiger charge is -2.20. The molecule has 0 aromatic carbocycles. The second kappa shape index (κ2) is 8.73. The molecular weight excluding hydrogens is 311 g/mol. The van der Waals surface area contributed by atoms with E-state index >= 15 is 0 Å². The lowest BCUT2D eigenvalue weighted by atomic mass is 10.1. The second-order valence-corrected chi connectivity index (χ2v) is 7.05. The molecule has 1 fully saturated rings. The highest BCUT2D eigenvalue weighted by Gasteiger charge is 2.21. The monoisotopic (exact) mass is 338 g/mol. The van der Waals surface area contributed by atoms with Gasteiger partial charge in [-0.05, 0) is 25.2 Å². The summed E-state index contributed by atoms with van der Waals surface area (Å²) in [5.41, 5.74) is 0. The number of hydrogen-bond donors (Lipinski definition) is 0. The summed E-state index contributed by atoms with van der Waals surface area (Å²) in [5.74, 6) is 0.843. The fourth-order valence-corrected chi connectivity index (χ4v) is 3.31. The topological polar surface area (TPSA) is 9.23 Å². The first kappa shape index (κ1) is 14.7. The Hall–Kier alpha value is 0.690. The van der Waals surface area contributed by atoms with E-state index in [1.807, 2.05) is 0 Å². The van der Waals surface area contributed by atoms with E-state index in [0.717, 1.165) is 16.4 Å². The SMILES string of the molecule is CC(C)CCCCOC1CCCCCC1I. The van der Waals surface area contributed by atoms with Crippen molar-refractivity contribution in [3.8, 4) is 0 Å². The summed E-state index contributed by atoms with van der Waals surface area (Å²) in [6, 6.07) is 0. The summed E-state index contributed by atoms with van der Waals surface area (Å²) in [7, 11) is 0. The Balaban J connectivity index is 2.06. The van der Waals surface area contributed by atoms with Crippen LogP contribution in [0.3, 0.4) is 0 Å². The highest BCUT2D eigenvalue weighted by Crippen LogP contribution is 2.26. The second-order valence-electron chi connectivity index (χ2n) is 5.45. The first-order chi connectivity index (χ1) is 7.70. The Labute approximate surface area is 115 Å². The smallest absolute Gasteiger partial charge is 0.0692 e. The Bertz CT molecular complexity index is 170. The van der Waals surface area contributed by atoms with Crippen LogP contribution in [0.15, 0.2) is 0 Å². The molecule has 1 nitrogen and oxygen atoms in total. The summed E-state index contributed by atoms with van der Waals surface area (Å²) in [6.07, 6.45) is 11.3. The van der Waals surface area contributed by atoms with Gasteiger partial charge in [0.05, 0.1) is 6.10 Å². The van der Waals surface area contributed by atoms with E-state index in [2.05, 4.69) is 36.4 Å². The summed E-state index contributed by atoms with van der Waals surface area (Å²) in [4.78, 5) is 0. The van der Waals surface area contributed by atoms with E-state index in [1.54, 1.807) is 0 Å². The standard InChI is InChI=1S/C14H27IO/c1-12(2)8-6-7-11-16-14-10-5-3-4-9-13(14)15/h12-14H,3-11H2,1-2H3. The third-order valence-electron chi connectivity index (χ3n) is 3.38. The van der Waals surface area contributed by atoms with Crippen molar-refractivity contribution >= 4 is 22.6 Å². The molecular formula is C14H27IO. The maximum Gasteiger partial charge on any atom is 0.0692 e. The molecule has 0 N–H and O–H groups in total. The predicted octanol–water partition coefficient (Wildman–Crippen LogP) is 4.97. The van der Waals surface area contributed by atoms with Crippen LogP contribution >= 0.6 is 22.6 Å². The van der Waals surface area contributed by atoms with Gasteiger partial charge in [-0.15, -0.1) is 0 Å². The lowest BCUT2D eigenvalue weighted by molar-refractivity contribution is 0.0472. The molecule has 16 heavy (non-hydrogen) atoms. The molecule has 2 atom stereocenters. The normalized spacial score (nSPS) is 27.0.